The zero-order chi connectivity index (χ0) is 12.3. The summed E-state index contributed by atoms with van der Waals surface area (Å²) in [6.45, 7) is 5.44. The van der Waals surface area contributed by atoms with E-state index in [4.69, 9.17) is 0 Å². The summed E-state index contributed by atoms with van der Waals surface area (Å²) < 4.78 is 2.13. The maximum Gasteiger partial charge on any atom is 0.0556 e. The zero-order valence-electron chi connectivity index (χ0n) is 11.3. The summed E-state index contributed by atoms with van der Waals surface area (Å²) >= 11 is 0. The highest BCUT2D eigenvalue weighted by Gasteiger charge is 2.31. The Morgan fingerprint density at radius 3 is 2.88 bits per heavy atom. The van der Waals surface area contributed by atoms with Crippen LogP contribution in [0.4, 0.5) is 0 Å². The molecule has 0 amide bonds. The maximum atomic E-state index is 4.39. The van der Waals surface area contributed by atoms with Crippen LogP contribution < -0.4 is 5.32 Å². The topological polar surface area (TPSA) is 29.9 Å². The van der Waals surface area contributed by atoms with E-state index in [0.717, 1.165) is 18.4 Å². The van der Waals surface area contributed by atoms with Gasteiger partial charge in [0.2, 0.25) is 0 Å². The zero-order valence-corrected chi connectivity index (χ0v) is 11.3. The van der Waals surface area contributed by atoms with E-state index in [9.17, 15) is 0 Å². The molecular formula is C14H25N3. The van der Waals surface area contributed by atoms with E-state index in [1.54, 1.807) is 0 Å². The Kier molecular flexibility index (Phi) is 4.21. The van der Waals surface area contributed by atoms with Crippen LogP contribution in [0.5, 0.6) is 0 Å². The van der Waals surface area contributed by atoms with E-state index in [2.05, 4.69) is 42.1 Å². The number of aryl methyl sites for hydroxylation is 1. The number of nitrogens with zero attached hydrogens (tertiary/aromatic N) is 2. The molecule has 0 aliphatic heterocycles. The molecule has 3 atom stereocenters. The predicted octanol–water partition coefficient (Wildman–Crippen LogP) is 2.99. The molecule has 3 heteroatoms. The third-order valence-electron chi connectivity index (χ3n) is 4.31. The fourth-order valence-corrected chi connectivity index (χ4v) is 3.28. The van der Waals surface area contributed by atoms with Gasteiger partial charge in [-0.15, -0.1) is 0 Å². The van der Waals surface area contributed by atoms with Crippen LogP contribution >= 0.6 is 0 Å². The smallest absolute Gasteiger partial charge is 0.0556 e. The number of hydrogen-bond acceptors (Lipinski definition) is 2. The van der Waals surface area contributed by atoms with E-state index >= 15 is 0 Å². The first-order valence-corrected chi connectivity index (χ1v) is 6.99. The Bertz CT molecular complexity index is 345. The van der Waals surface area contributed by atoms with Crippen molar-refractivity contribution in [2.24, 2.45) is 11.8 Å². The predicted molar refractivity (Wildman–Crippen MR) is 70.8 cm³/mol. The van der Waals surface area contributed by atoms with Crippen LogP contribution in [0, 0.1) is 11.8 Å². The highest BCUT2D eigenvalue weighted by molar-refractivity contribution is 5.09. The first-order chi connectivity index (χ1) is 8.30. The first kappa shape index (κ1) is 12.6. The van der Waals surface area contributed by atoms with Gasteiger partial charge in [0.15, 0.2) is 0 Å². The lowest BCUT2D eigenvalue weighted by atomic mass is 9.93. The van der Waals surface area contributed by atoms with Crippen LogP contribution in [0.1, 0.15) is 51.3 Å². The molecule has 0 bridgehead atoms. The van der Waals surface area contributed by atoms with Crippen molar-refractivity contribution >= 4 is 0 Å². The van der Waals surface area contributed by atoms with Crippen molar-refractivity contribution in [1.29, 1.82) is 0 Å². The van der Waals surface area contributed by atoms with Gasteiger partial charge in [-0.25, -0.2) is 0 Å². The van der Waals surface area contributed by atoms with Crippen LogP contribution in [0.2, 0.25) is 0 Å². The van der Waals surface area contributed by atoms with Gasteiger partial charge in [-0.2, -0.15) is 5.10 Å². The second-order valence-corrected chi connectivity index (χ2v) is 5.19. The third-order valence-corrected chi connectivity index (χ3v) is 4.31. The lowest BCUT2D eigenvalue weighted by molar-refractivity contribution is 0.352. The Balaban J connectivity index is 2.11. The molecule has 1 aromatic heterocycles. The Hall–Kier alpha value is -0.830. The molecule has 1 aliphatic rings. The molecule has 1 heterocycles. The van der Waals surface area contributed by atoms with E-state index in [1.807, 2.05) is 6.20 Å². The molecule has 3 nitrogen and oxygen atoms in total. The average molecular weight is 235 g/mol. The highest BCUT2D eigenvalue weighted by atomic mass is 15.3. The van der Waals surface area contributed by atoms with Crippen LogP contribution in [0.3, 0.4) is 0 Å². The van der Waals surface area contributed by atoms with Crippen molar-refractivity contribution in [2.45, 2.75) is 52.1 Å². The molecule has 1 aromatic rings. The number of nitrogens with one attached hydrogen (secondary N) is 1. The summed E-state index contributed by atoms with van der Waals surface area (Å²) in [6, 6.07) is 2.65. The molecule has 1 saturated carbocycles. The minimum atomic E-state index is 0.481. The van der Waals surface area contributed by atoms with Crippen molar-refractivity contribution in [3.05, 3.63) is 18.0 Å². The van der Waals surface area contributed by atoms with Gasteiger partial charge in [-0.05, 0) is 44.7 Å². The van der Waals surface area contributed by atoms with Gasteiger partial charge in [-0.1, -0.05) is 19.8 Å². The summed E-state index contributed by atoms with van der Waals surface area (Å²) in [5.74, 6) is 1.72. The molecule has 0 aromatic carbocycles. The van der Waals surface area contributed by atoms with E-state index in [-0.39, 0.29) is 0 Å². The lowest BCUT2D eigenvalue weighted by Gasteiger charge is -2.24. The molecule has 17 heavy (non-hydrogen) atoms. The van der Waals surface area contributed by atoms with Crippen LogP contribution in [0.25, 0.3) is 0 Å². The molecule has 1 fully saturated rings. The summed E-state index contributed by atoms with van der Waals surface area (Å²) in [4.78, 5) is 0. The van der Waals surface area contributed by atoms with Crippen LogP contribution in [-0.4, -0.2) is 16.8 Å². The van der Waals surface area contributed by atoms with Crippen LogP contribution in [0.15, 0.2) is 12.3 Å². The van der Waals surface area contributed by atoms with Gasteiger partial charge in [-0.3, -0.25) is 4.68 Å². The lowest BCUT2D eigenvalue weighted by Crippen LogP contribution is -2.26. The fourth-order valence-electron chi connectivity index (χ4n) is 3.28. The average Bonchev–Trinajstić information content (AvgIpc) is 2.99. The maximum absolute atomic E-state index is 4.39. The Morgan fingerprint density at radius 2 is 2.29 bits per heavy atom. The molecule has 96 valence electrons. The molecule has 0 spiro atoms. The fraction of sp³-hybridized carbons (Fsp3) is 0.786. The summed E-state index contributed by atoms with van der Waals surface area (Å²) in [6.07, 6.45) is 7.39. The van der Waals surface area contributed by atoms with Gasteiger partial charge < -0.3 is 5.32 Å². The number of rotatable bonds is 5. The van der Waals surface area contributed by atoms with Crippen molar-refractivity contribution in [3.63, 3.8) is 0 Å². The molecule has 0 radical (unpaired) electrons. The summed E-state index contributed by atoms with van der Waals surface area (Å²) in [7, 11) is 2.08. The summed E-state index contributed by atoms with van der Waals surface area (Å²) in [5, 5.41) is 7.90. The van der Waals surface area contributed by atoms with Gasteiger partial charge in [0.05, 0.1) is 11.7 Å². The van der Waals surface area contributed by atoms with E-state index < -0.39 is 0 Å². The minimum absolute atomic E-state index is 0.481. The Morgan fingerprint density at radius 1 is 1.47 bits per heavy atom. The normalized spacial score (nSPS) is 26.3. The highest BCUT2D eigenvalue weighted by Crippen LogP contribution is 2.40. The second kappa shape index (κ2) is 5.67. The third kappa shape index (κ3) is 2.54. The minimum Gasteiger partial charge on any atom is -0.311 e. The van der Waals surface area contributed by atoms with Crippen molar-refractivity contribution in [3.8, 4) is 0 Å². The van der Waals surface area contributed by atoms with Gasteiger partial charge in [0.1, 0.15) is 0 Å². The number of aromatic nitrogens is 2. The number of hydrogen-bond donors (Lipinski definition) is 1. The molecule has 2 rings (SSSR count). The molecule has 3 unspecified atom stereocenters. The molecule has 0 saturated heterocycles. The van der Waals surface area contributed by atoms with E-state index in [0.29, 0.717) is 6.04 Å². The second-order valence-electron chi connectivity index (χ2n) is 5.19. The SMILES string of the molecule is CCC1CCC(C(NC)c2ccnn2CC)C1. The standard InChI is InChI=1S/C14H25N3/c1-4-11-6-7-12(10-11)14(15-3)13-8-9-16-17(13)5-2/h8-9,11-12,14-15H,4-7,10H2,1-3H3. The van der Waals surface area contributed by atoms with E-state index in [1.165, 1.54) is 31.4 Å². The quantitative estimate of drug-likeness (QED) is 0.850. The van der Waals surface area contributed by atoms with Crippen molar-refractivity contribution in [1.82, 2.24) is 15.1 Å². The largest absolute Gasteiger partial charge is 0.311 e. The molecule has 1 N–H and O–H groups in total. The van der Waals surface area contributed by atoms with Gasteiger partial charge in [0, 0.05) is 12.7 Å². The van der Waals surface area contributed by atoms with Crippen LogP contribution in [-0.2, 0) is 6.54 Å². The van der Waals surface area contributed by atoms with Crippen molar-refractivity contribution in [2.75, 3.05) is 7.05 Å². The van der Waals surface area contributed by atoms with Gasteiger partial charge in [0.25, 0.3) is 0 Å². The molecule has 1 aliphatic carbocycles. The summed E-state index contributed by atoms with van der Waals surface area (Å²) in [5.41, 5.74) is 1.36. The molecular weight excluding hydrogens is 210 g/mol. The van der Waals surface area contributed by atoms with Gasteiger partial charge >= 0.3 is 0 Å². The monoisotopic (exact) mass is 235 g/mol. The first-order valence-electron chi connectivity index (χ1n) is 6.99. The van der Waals surface area contributed by atoms with Crippen molar-refractivity contribution < 1.29 is 0 Å². The Labute approximate surface area is 105 Å².